The van der Waals surface area contributed by atoms with Crippen LogP contribution >= 0.6 is 0 Å². The normalized spacial score (nSPS) is 30.2. The summed E-state index contributed by atoms with van der Waals surface area (Å²) in [6.45, 7) is 2.13. The van der Waals surface area contributed by atoms with Gasteiger partial charge in [0, 0.05) is 11.9 Å². The van der Waals surface area contributed by atoms with E-state index >= 15 is 0 Å². The molecule has 2 aliphatic rings. The smallest absolute Gasteiger partial charge is 0.550 e. The molecule has 2 rings (SSSR count). The number of rotatable bonds is 10. The molecule has 0 spiro atoms. The summed E-state index contributed by atoms with van der Waals surface area (Å²) in [6.07, 6.45) is 10.4. The molecule has 1 heterocycles. The molecule has 1 unspecified atom stereocenters. The minimum Gasteiger partial charge on any atom is -0.550 e. The zero-order chi connectivity index (χ0) is 18.2. The third-order valence-corrected chi connectivity index (χ3v) is 5.22. The first-order valence-corrected chi connectivity index (χ1v) is 9.60. The van der Waals surface area contributed by atoms with E-state index in [1.54, 1.807) is 6.08 Å². The number of carbonyl (C=O) groups is 1. The molecule has 1 aliphatic carbocycles. The molecule has 0 amide bonds. The van der Waals surface area contributed by atoms with Gasteiger partial charge in [0.2, 0.25) is 0 Å². The molecule has 0 aromatic heterocycles. The van der Waals surface area contributed by atoms with Gasteiger partial charge in [0.05, 0.1) is 6.10 Å². The summed E-state index contributed by atoms with van der Waals surface area (Å²) in [5.41, 5.74) is 0. The Morgan fingerprint density at radius 2 is 2.15 bits per heavy atom. The predicted molar refractivity (Wildman–Crippen MR) is 92.2 cm³/mol. The summed E-state index contributed by atoms with van der Waals surface area (Å²) in [5.74, 6) is -0.821. The summed E-state index contributed by atoms with van der Waals surface area (Å²) in [4.78, 5) is 10.4. The standard InChI is InChI=1S/C20H31FO4.Na/c1-2-3-4-7-15(22)12-10-14-11-13-16-19(14)20(21)17(25-16)8-5-6-9-18(23)24;/h8,10,12,14-16,19-20,22H,2-7,9,11,13H2,1H3,(H,23,24);/q;+1/p-1/b12-10+,17-8-;/t14-,15-,16+,19+,20?;/m0./s1. The van der Waals surface area contributed by atoms with Crippen LogP contribution in [-0.4, -0.2) is 29.5 Å². The molecule has 26 heavy (non-hydrogen) atoms. The van der Waals surface area contributed by atoms with Crippen LogP contribution in [0.3, 0.4) is 0 Å². The Hall–Kier alpha value is -0.360. The van der Waals surface area contributed by atoms with Gasteiger partial charge in [-0.15, -0.1) is 0 Å². The minimum atomic E-state index is -1.14. The number of ether oxygens (including phenoxy) is 1. The quantitative estimate of drug-likeness (QED) is 0.332. The van der Waals surface area contributed by atoms with Gasteiger partial charge < -0.3 is 19.7 Å². The molecule has 0 aromatic rings. The molecule has 142 valence electrons. The summed E-state index contributed by atoms with van der Waals surface area (Å²) in [7, 11) is 0. The van der Waals surface area contributed by atoms with Crippen LogP contribution in [0, 0.1) is 11.8 Å². The number of aliphatic hydroxyl groups is 1. The Morgan fingerprint density at radius 1 is 1.38 bits per heavy atom. The van der Waals surface area contributed by atoms with Gasteiger partial charge in [-0.2, -0.15) is 0 Å². The van der Waals surface area contributed by atoms with Crippen molar-refractivity contribution < 1.29 is 53.7 Å². The van der Waals surface area contributed by atoms with E-state index in [1.165, 1.54) is 0 Å². The van der Waals surface area contributed by atoms with Crippen LogP contribution in [0.2, 0.25) is 0 Å². The van der Waals surface area contributed by atoms with Crippen molar-refractivity contribution in [2.24, 2.45) is 11.8 Å². The molecule has 1 saturated carbocycles. The molecular formula is C20H30FNaO4. The van der Waals surface area contributed by atoms with Gasteiger partial charge >= 0.3 is 29.6 Å². The molecule has 2 fully saturated rings. The molecule has 0 aromatic carbocycles. The van der Waals surface area contributed by atoms with Crippen molar-refractivity contribution in [2.75, 3.05) is 0 Å². The van der Waals surface area contributed by atoms with Crippen LogP contribution in [-0.2, 0) is 9.53 Å². The van der Waals surface area contributed by atoms with Crippen LogP contribution in [0.5, 0.6) is 0 Å². The van der Waals surface area contributed by atoms with Crippen molar-refractivity contribution in [1.82, 2.24) is 0 Å². The van der Waals surface area contributed by atoms with E-state index in [9.17, 15) is 19.4 Å². The van der Waals surface area contributed by atoms with E-state index in [2.05, 4.69) is 6.92 Å². The summed E-state index contributed by atoms with van der Waals surface area (Å²) >= 11 is 0. The van der Waals surface area contributed by atoms with Gasteiger partial charge in [0.1, 0.15) is 11.9 Å². The molecule has 1 saturated heterocycles. The van der Waals surface area contributed by atoms with E-state index in [0.29, 0.717) is 18.6 Å². The topological polar surface area (TPSA) is 69.6 Å². The van der Waals surface area contributed by atoms with Crippen molar-refractivity contribution in [2.45, 2.75) is 83.1 Å². The van der Waals surface area contributed by atoms with Crippen LogP contribution in [0.25, 0.3) is 0 Å². The number of carboxylic acid groups (broad SMARTS) is 1. The van der Waals surface area contributed by atoms with Gasteiger partial charge in [-0.1, -0.05) is 38.3 Å². The van der Waals surface area contributed by atoms with E-state index in [1.807, 2.05) is 12.2 Å². The first-order valence-electron chi connectivity index (χ1n) is 9.60. The number of hydrogen-bond acceptors (Lipinski definition) is 4. The van der Waals surface area contributed by atoms with Crippen molar-refractivity contribution in [1.29, 1.82) is 0 Å². The third-order valence-electron chi connectivity index (χ3n) is 5.22. The summed E-state index contributed by atoms with van der Waals surface area (Å²) < 4.78 is 20.5. The number of aliphatic carboxylic acids is 1. The van der Waals surface area contributed by atoms with Gasteiger partial charge in [-0.05, 0) is 50.5 Å². The van der Waals surface area contributed by atoms with Crippen LogP contribution < -0.4 is 34.7 Å². The Morgan fingerprint density at radius 3 is 2.85 bits per heavy atom. The first-order chi connectivity index (χ1) is 12.0. The number of allylic oxidation sites excluding steroid dienone is 3. The van der Waals surface area contributed by atoms with E-state index in [4.69, 9.17) is 4.74 Å². The second-order valence-corrected chi connectivity index (χ2v) is 7.20. The van der Waals surface area contributed by atoms with E-state index in [-0.39, 0.29) is 53.9 Å². The summed E-state index contributed by atoms with van der Waals surface area (Å²) in [5, 5.41) is 20.4. The zero-order valence-corrected chi connectivity index (χ0v) is 18.0. The third kappa shape index (κ3) is 6.99. The van der Waals surface area contributed by atoms with E-state index in [0.717, 1.165) is 38.5 Å². The van der Waals surface area contributed by atoms with Gasteiger partial charge in [0.25, 0.3) is 0 Å². The fraction of sp³-hybridized carbons (Fsp3) is 0.750. The Kier molecular flexibility index (Phi) is 11.1. The van der Waals surface area contributed by atoms with Crippen molar-refractivity contribution in [3.8, 4) is 0 Å². The fourth-order valence-corrected chi connectivity index (χ4v) is 3.84. The van der Waals surface area contributed by atoms with Gasteiger partial charge in [-0.3, -0.25) is 0 Å². The maximum atomic E-state index is 14.7. The number of aliphatic hydroxyl groups excluding tert-OH is 1. The Balaban J connectivity index is 0.00000338. The number of carbonyl (C=O) groups excluding carboxylic acids is 1. The number of hydrogen-bond donors (Lipinski definition) is 1. The zero-order valence-electron chi connectivity index (χ0n) is 16.0. The second kappa shape index (κ2) is 12.2. The largest absolute Gasteiger partial charge is 1.00 e. The Bertz CT molecular complexity index is 494. The summed E-state index contributed by atoms with van der Waals surface area (Å²) in [6, 6.07) is 0. The van der Waals surface area contributed by atoms with Crippen molar-refractivity contribution >= 4 is 5.97 Å². The molecule has 1 N–H and O–H groups in total. The predicted octanol–water partition coefficient (Wildman–Crippen LogP) is 0.0550. The molecule has 6 heteroatoms. The number of halogens is 1. The molecule has 0 bridgehead atoms. The maximum absolute atomic E-state index is 14.7. The average Bonchev–Trinajstić information content (AvgIpc) is 3.10. The minimum absolute atomic E-state index is 0. The number of fused-ring (bicyclic) bond motifs is 1. The maximum Gasteiger partial charge on any atom is 1.00 e. The van der Waals surface area contributed by atoms with Gasteiger partial charge in [0.15, 0.2) is 6.17 Å². The molecular weight excluding hydrogens is 346 g/mol. The van der Waals surface area contributed by atoms with Crippen LogP contribution in [0.15, 0.2) is 24.0 Å². The first kappa shape index (κ1) is 23.7. The van der Waals surface area contributed by atoms with Crippen LogP contribution in [0.4, 0.5) is 4.39 Å². The second-order valence-electron chi connectivity index (χ2n) is 7.20. The number of carboxylic acids is 1. The van der Waals surface area contributed by atoms with Crippen LogP contribution in [0.1, 0.15) is 64.7 Å². The molecule has 4 nitrogen and oxygen atoms in total. The number of unbranched alkanes of at least 4 members (excludes halogenated alkanes) is 3. The van der Waals surface area contributed by atoms with Crippen molar-refractivity contribution in [3.05, 3.63) is 24.0 Å². The number of alkyl halides is 1. The van der Waals surface area contributed by atoms with Gasteiger partial charge in [-0.25, -0.2) is 4.39 Å². The van der Waals surface area contributed by atoms with Crippen molar-refractivity contribution in [3.63, 3.8) is 0 Å². The molecule has 0 radical (unpaired) electrons. The SMILES string of the molecule is CCCCC[C@H](O)/C=C/[C@H]1CC[C@H]2O/C(=C\CCCC(=O)[O-])C(F)[C@H]12.[Na+]. The Labute approximate surface area is 178 Å². The molecule has 1 aliphatic heterocycles. The molecule has 5 atom stereocenters. The van der Waals surface area contributed by atoms with E-state index < -0.39 is 18.2 Å². The fourth-order valence-electron chi connectivity index (χ4n) is 3.84. The monoisotopic (exact) mass is 376 g/mol. The average molecular weight is 376 g/mol.